The highest BCUT2D eigenvalue weighted by molar-refractivity contribution is 7.98. The van der Waals surface area contributed by atoms with Crippen molar-refractivity contribution in [1.82, 2.24) is 4.98 Å². The fourth-order valence-electron chi connectivity index (χ4n) is 1.40. The van der Waals surface area contributed by atoms with Gasteiger partial charge < -0.3 is 10.1 Å². The van der Waals surface area contributed by atoms with Crippen LogP contribution in [0.5, 0.6) is 5.88 Å². The molecule has 1 rings (SSSR count). The smallest absolute Gasteiger partial charge is 0.215 e. The second-order valence-corrected chi connectivity index (χ2v) is 4.41. The summed E-state index contributed by atoms with van der Waals surface area (Å²) >= 11 is 1.85. The molecule has 0 radical (unpaired) electrons. The van der Waals surface area contributed by atoms with Gasteiger partial charge in [0.25, 0.3) is 0 Å². The van der Waals surface area contributed by atoms with E-state index in [1.165, 1.54) is 0 Å². The number of aromatic nitrogens is 1. The van der Waals surface area contributed by atoms with Gasteiger partial charge in [0, 0.05) is 17.9 Å². The number of nitrogens with one attached hydrogen (secondary N) is 1. The highest BCUT2D eigenvalue weighted by Crippen LogP contribution is 2.14. The fraction of sp³-hybridized carbons (Fsp3) is 0.583. The molecule has 0 fully saturated rings. The Labute approximate surface area is 102 Å². The van der Waals surface area contributed by atoms with Gasteiger partial charge in [0.05, 0.1) is 6.61 Å². The number of pyridine rings is 1. The third kappa shape index (κ3) is 4.31. The van der Waals surface area contributed by atoms with E-state index in [9.17, 15) is 0 Å². The van der Waals surface area contributed by atoms with Crippen LogP contribution in [0.15, 0.2) is 18.2 Å². The third-order valence-electron chi connectivity index (χ3n) is 2.23. The van der Waals surface area contributed by atoms with E-state index in [1.807, 2.05) is 36.9 Å². The molecule has 90 valence electrons. The molecule has 1 unspecified atom stereocenters. The quantitative estimate of drug-likeness (QED) is 0.794. The minimum absolute atomic E-state index is 0.472. The van der Waals surface area contributed by atoms with Crippen LogP contribution in [0.3, 0.4) is 0 Å². The van der Waals surface area contributed by atoms with Crippen molar-refractivity contribution >= 4 is 17.6 Å². The van der Waals surface area contributed by atoms with Gasteiger partial charge in [0.1, 0.15) is 5.82 Å². The summed E-state index contributed by atoms with van der Waals surface area (Å²) in [5.74, 6) is 2.68. The molecule has 0 aliphatic heterocycles. The first-order chi connectivity index (χ1) is 7.80. The van der Waals surface area contributed by atoms with E-state index >= 15 is 0 Å². The molecule has 1 aromatic rings. The van der Waals surface area contributed by atoms with Crippen LogP contribution < -0.4 is 10.1 Å². The number of ether oxygens (including phenoxy) is 1. The van der Waals surface area contributed by atoms with Gasteiger partial charge in [0.15, 0.2) is 0 Å². The van der Waals surface area contributed by atoms with Crippen LogP contribution in [0.4, 0.5) is 5.82 Å². The maximum absolute atomic E-state index is 5.37. The summed E-state index contributed by atoms with van der Waals surface area (Å²) in [7, 11) is 0. The molecular formula is C12H20N2OS. The number of hydrogen-bond donors (Lipinski definition) is 1. The SMILES string of the molecule is CCOc1cccc(NC(CC)CSC)n1. The molecule has 0 bridgehead atoms. The van der Waals surface area contributed by atoms with Gasteiger partial charge in [-0.25, -0.2) is 0 Å². The van der Waals surface area contributed by atoms with Crippen molar-refractivity contribution in [3.8, 4) is 5.88 Å². The molecular weight excluding hydrogens is 220 g/mol. The Morgan fingerprint density at radius 3 is 2.88 bits per heavy atom. The highest BCUT2D eigenvalue weighted by atomic mass is 32.2. The molecule has 0 aromatic carbocycles. The van der Waals surface area contributed by atoms with Crippen LogP contribution >= 0.6 is 11.8 Å². The Hall–Kier alpha value is -0.900. The predicted molar refractivity (Wildman–Crippen MR) is 71.5 cm³/mol. The lowest BCUT2D eigenvalue weighted by Gasteiger charge is -2.16. The third-order valence-corrected chi connectivity index (χ3v) is 2.96. The molecule has 1 aromatic heterocycles. The summed E-state index contributed by atoms with van der Waals surface area (Å²) in [6.45, 7) is 4.79. The van der Waals surface area contributed by atoms with Crippen molar-refractivity contribution in [1.29, 1.82) is 0 Å². The average Bonchev–Trinajstić information content (AvgIpc) is 2.29. The van der Waals surface area contributed by atoms with Gasteiger partial charge in [-0.3, -0.25) is 0 Å². The van der Waals surface area contributed by atoms with E-state index in [4.69, 9.17) is 4.74 Å². The average molecular weight is 240 g/mol. The van der Waals surface area contributed by atoms with E-state index in [0.717, 1.165) is 18.0 Å². The lowest BCUT2D eigenvalue weighted by molar-refractivity contribution is 0.327. The fourth-order valence-corrected chi connectivity index (χ4v) is 2.12. The molecule has 0 saturated carbocycles. The van der Waals surface area contributed by atoms with Crippen LogP contribution in [0, 0.1) is 0 Å². The molecule has 16 heavy (non-hydrogen) atoms. The van der Waals surface area contributed by atoms with Crippen LogP contribution in [0.2, 0.25) is 0 Å². The van der Waals surface area contributed by atoms with Gasteiger partial charge in [0.2, 0.25) is 5.88 Å². The molecule has 0 amide bonds. The summed E-state index contributed by atoms with van der Waals surface area (Å²) < 4.78 is 5.37. The van der Waals surface area contributed by atoms with Gasteiger partial charge in [-0.2, -0.15) is 16.7 Å². The first-order valence-electron chi connectivity index (χ1n) is 5.65. The molecule has 0 aliphatic rings. The summed E-state index contributed by atoms with van der Waals surface area (Å²) in [5, 5.41) is 3.42. The van der Waals surface area contributed by atoms with E-state index in [0.29, 0.717) is 18.5 Å². The Bertz CT molecular complexity index is 307. The zero-order valence-electron chi connectivity index (χ0n) is 10.2. The predicted octanol–water partition coefficient (Wildman–Crippen LogP) is 3.03. The molecule has 0 spiro atoms. The van der Waals surface area contributed by atoms with Gasteiger partial charge >= 0.3 is 0 Å². The molecule has 1 atom stereocenters. The lowest BCUT2D eigenvalue weighted by Crippen LogP contribution is -2.21. The highest BCUT2D eigenvalue weighted by Gasteiger charge is 2.06. The van der Waals surface area contributed by atoms with Crippen molar-refractivity contribution < 1.29 is 4.74 Å². The van der Waals surface area contributed by atoms with Crippen LogP contribution in [-0.4, -0.2) is 29.6 Å². The van der Waals surface area contributed by atoms with E-state index in [2.05, 4.69) is 23.5 Å². The van der Waals surface area contributed by atoms with Crippen LogP contribution in [-0.2, 0) is 0 Å². The number of hydrogen-bond acceptors (Lipinski definition) is 4. The number of thioether (sulfide) groups is 1. The normalized spacial score (nSPS) is 12.2. The number of anilines is 1. The largest absolute Gasteiger partial charge is 0.478 e. The maximum Gasteiger partial charge on any atom is 0.215 e. The lowest BCUT2D eigenvalue weighted by atomic mass is 10.2. The second kappa shape index (κ2) is 7.39. The summed E-state index contributed by atoms with van der Waals surface area (Å²) in [6, 6.07) is 6.29. The zero-order chi connectivity index (χ0) is 11.8. The maximum atomic E-state index is 5.37. The van der Waals surface area contributed by atoms with Crippen LogP contribution in [0.1, 0.15) is 20.3 Å². The molecule has 1 heterocycles. The molecule has 3 nitrogen and oxygen atoms in total. The Morgan fingerprint density at radius 2 is 2.25 bits per heavy atom. The zero-order valence-corrected chi connectivity index (χ0v) is 11.0. The van der Waals surface area contributed by atoms with Crippen molar-refractivity contribution in [2.45, 2.75) is 26.3 Å². The molecule has 4 heteroatoms. The Balaban J connectivity index is 2.60. The van der Waals surface area contributed by atoms with Crippen LogP contribution in [0.25, 0.3) is 0 Å². The summed E-state index contributed by atoms with van der Waals surface area (Å²) in [6.07, 6.45) is 3.22. The first kappa shape index (κ1) is 13.2. The van der Waals surface area contributed by atoms with E-state index in [1.54, 1.807) is 0 Å². The molecule has 0 aliphatic carbocycles. The first-order valence-corrected chi connectivity index (χ1v) is 7.04. The monoisotopic (exact) mass is 240 g/mol. The number of nitrogens with zero attached hydrogens (tertiary/aromatic N) is 1. The second-order valence-electron chi connectivity index (χ2n) is 3.50. The van der Waals surface area contributed by atoms with Gasteiger partial charge in [-0.05, 0) is 25.7 Å². The topological polar surface area (TPSA) is 34.1 Å². The summed E-state index contributed by atoms with van der Waals surface area (Å²) in [5.41, 5.74) is 0. The Morgan fingerprint density at radius 1 is 1.44 bits per heavy atom. The van der Waals surface area contributed by atoms with Crippen molar-refractivity contribution in [3.63, 3.8) is 0 Å². The van der Waals surface area contributed by atoms with Crippen molar-refractivity contribution in [2.75, 3.05) is 23.9 Å². The van der Waals surface area contributed by atoms with Gasteiger partial charge in [-0.1, -0.05) is 13.0 Å². The standard InChI is InChI=1S/C12H20N2OS/c1-4-10(9-16-3)13-11-7-6-8-12(14-11)15-5-2/h6-8,10H,4-5,9H2,1-3H3,(H,13,14). The number of rotatable bonds is 7. The van der Waals surface area contributed by atoms with E-state index in [-0.39, 0.29) is 0 Å². The van der Waals surface area contributed by atoms with Crippen molar-refractivity contribution in [3.05, 3.63) is 18.2 Å². The van der Waals surface area contributed by atoms with Crippen molar-refractivity contribution in [2.24, 2.45) is 0 Å². The van der Waals surface area contributed by atoms with E-state index < -0.39 is 0 Å². The minimum Gasteiger partial charge on any atom is -0.478 e. The minimum atomic E-state index is 0.472. The van der Waals surface area contributed by atoms with Gasteiger partial charge in [-0.15, -0.1) is 0 Å². The summed E-state index contributed by atoms with van der Waals surface area (Å²) in [4.78, 5) is 4.39. The Kier molecular flexibility index (Phi) is 6.08. The molecule has 0 saturated heterocycles. The molecule has 1 N–H and O–H groups in total.